The van der Waals surface area contributed by atoms with Gasteiger partial charge in [0.15, 0.2) is 12.2 Å². The zero-order valence-electron chi connectivity index (χ0n) is 69.7. The van der Waals surface area contributed by atoms with E-state index in [-0.39, 0.29) is 25.7 Å². The minimum absolute atomic E-state index is 0.107. The summed E-state index contributed by atoms with van der Waals surface area (Å²) in [4.78, 5) is 73.2. The van der Waals surface area contributed by atoms with Crippen molar-refractivity contribution in [2.45, 2.75) is 484 Å². The molecule has 0 radical (unpaired) electrons. The van der Waals surface area contributed by atoms with Gasteiger partial charge < -0.3 is 33.8 Å². The van der Waals surface area contributed by atoms with E-state index in [4.69, 9.17) is 37.0 Å². The number of hydrogen-bond acceptors (Lipinski definition) is 15. The zero-order chi connectivity index (χ0) is 77.8. The Labute approximate surface area is 651 Å². The molecule has 0 heterocycles. The molecule has 3 unspecified atom stereocenters. The van der Waals surface area contributed by atoms with Gasteiger partial charge in [0.05, 0.1) is 26.4 Å². The third kappa shape index (κ3) is 78.7. The van der Waals surface area contributed by atoms with Crippen molar-refractivity contribution in [3.8, 4) is 0 Å². The number of carbonyl (C=O) groups excluding carboxylic acids is 4. The smallest absolute Gasteiger partial charge is 0.462 e. The van der Waals surface area contributed by atoms with Crippen LogP contribution in [-0.2, 0) is 65.4 Å². The summed E-state index contributed by atoms with van der Waals surface area (Å²) < 4.78 is 68.9. The first-order valence-corrected chi connectivity index (χ1v) is 48.0. The van der Waals surface area contributed by atoms with E-state index in [1.807, 2.05) is 0 Å². The number of ether oxygens (including phenoxy) is 4. The Morgan fingerprint density at radius 3 is 0.717 bits per heavy atom. The molecule has 3 N–H and O–H groups in total. The van der Waals surface area contributed by atoms with Crippen LogP contribution in [-0.4, -0.2) is 96.7 Å². The van der Waals surface area contributed by atoms with Gasteiger partial charge in [-0.05, 0) is 37.5 Å². The molecule has 0 rings (SSSR count). The first-order valence-electron chi connectivity index (χ1n) is 45.0. The third-order valence-corrected chi connectivity index (χ3v) is 22.7. The number of esters is 4. The highest BCUT2D eigenvalue weighted by Crippen LogP contribution is 2.45. The molecule has 19 heteroatoms. The van der Waals surface area contributed by atoms with E-state index in [0.717, 1.165) is 102 Å². The highest BCUT2D eigenvalue weighted by molar-refractivity contribution is 7.47. The molecular formula is C87H170O17P2. The molecule has 0 spiro atoms. The van der Waals surface area contributed by atoms with Gasteiger partial charge in [0.25, 0.3) is 0 Å². The molecule has 0 fully saturated rings. The molecule has 0 saturated heterocycles. The number of carbonyl (C=O) groups is 4. The fourth-order valence-corrected chi connectivity index (χ4v) is 15.1. The zero-order valence-corrected chi connectivity index (χ0v) is 71.5. The second-order valence-corrected chi connectivity index (χ2v) is 34.9. The normalized spacial score (nSPS) is 14.1. The molecule has 0 aliphatic carbocycles. The standard InChI is InChI=1S/C87H170O17P2/c1-7-10-12-14-16-18-20-22-24-26-28-30-32-34-39-43-47-51-59-65-71-86(91)103-82(75-97-84(89)69-63-57-50-46-42-38-33-31-29-27-25-23-21-19-17-15-13-11-8-2)77-101-105(93,94)99-73-81(88)74-100-106(95,96)102-78-83(76-98-85(90)70-64-58-54-53-55-61-67-79(4)5)104-87(92)72-66-60-52-48-44-40-36-35-37-41-45-49-56-62-68-80(6)9-3/h79-83,88H,7-78H2,1-6H3,(H,93,94)(H,95,96)/t80?,81-,82-,83-/m1/s1. The number of phosphoric acid groups is 2. The van der Waals surface area contributed by atoms with E-state index in [9.17, 15) is 43.2 Å². The summed E-state index contributed by atoms with van der Waals surface area (Å²) in [5, 5.41) is 10.7. The number of rotatable bonds is 86. The van der Waals surface area contributed by atoms with Crippen molar-refractivity contribution in [3.05, 3.63) is 0 Å². The fourth-order valence-electron chi connectivity index (χ4n) is 13.6. The summed E-state index contributed by atoms with van der Waals surface area (Å²) in [6.45, 7) is 9.65. The molecule has 6 atom stereocenters. The van der Waals surface area contributed by atoms with E-state index in [2.05, 4.69) is 41.5 Å². The summed E-state index contributed by atoms with van der Waals surface area (Å²) in [7, 11) is -9.93. The molecule has 0 saturated carbocycles. The van der Waals surface area contributed by atoms with Crippen LogP contribution in [0.5, 0.6) is 0 Å². The molecule has 0 aliphatic heterocycles. The van der Waals surface area contributed by atoms with Crippen molar-refractivity contribution in [1.82, 2.24) is 0 Å². The van der Waals surface area contributed by atoms with Gasteiger partial charge in [0.2, 0.25) is 0 Å². The van der Waals surface area contributed by atoms with Crippen molar-refractivity contribution in [2.24, 2.45) is 11.8 Å². The molecule has 0 bridgehead atoms. The predicted octanol–water partition coefficient (Wildman–Crippen LogP) is 26.6. The summed E-state index contributed by atoms with van der Waals surface area (Å²) >= 11 is 0. The van der Waals surface area contributed by atoms with Crippen molar-refractivity contribution in [1.29, 1.82) is 0 Å². The highest BCUT2D eigenvalue weighted by atomic mass is 31.2. The Morgan fingerprint density at radius 2 is 0.481 bits per heavy atom. The second kappa shape index (κ2) is 78.3. The van der Waals surface area contributed by atoms with Crippen LogP contribution in [0.4, 0.5) is 0 Å². The lowest BCUT2D eigenvalue weighted by Gasteiger charge is -2.21. The number of hydrogen-bond donors (Lipinski definition) is 3. The van der Waals surface area contributed by atoms with Gasteiger partial charge in [-0.15, -0.1) is 0 Å². The minimum Gasteiger partial charge on any atom is -0.462 e. The minimum atomic E-state index is -4.97. The summed E-state index contributed by atoms with van der Waals surface area (Å²) in [6.07, 6.45) is 71.0. The molecule has 0 aliphatic rings. The molecular weight excluding hydrogens is 1380 g/mol. The van der Waals surface area contributed by atoms with Gasteiger partial charge in [-0.3, -0.25) is 37.3 Å². The van der Waals surface area contributed by atoms with Crippen LogP contribution in [0.1, 0.15) is 465 Å². The molecule has 0 aromatic carbocycles. The average Bonchev–Trinajstić information content (AvgIpc) is 0.911. The molecule has 17 nitrogen and oxygen atoms in total. The van der Waals surface area contributed by atoms with E-state index < -0.39 is 97.5 Å². The Morgan fingerprint density at radius 1 is 0.274 bits per heavy atom. The van der Waals surface area contributed by atoms with E-state index in [0.29, 0.717) is 31.6 Å². The SMILES string of the molecule is CCCCCCCCCCCCCCCCCCCCCCC(=O)O[C@H](COC(=O)CCCCCCCCCCCCCCCCCCCCC)COP(=O)(O)OC[C@@H](O)COP(=O)(O)OC[C@@H](COC(=O)CCCCCCCCC(C)C)OC(=O)CCCCCCCCCCCCCCCCC(C)CC. The van der Waals surface area contributed by atoms with Gasteiger partial charge in [-0.25, -0.2) is 9.13 Å². The molecule has 0 aromatic rings. The van der Waals surface area contributed by atoms with Crippen LogP contribution in [0.25, 0.3) is 0 Å². The number of unbranched alkanes of at least 4 members (excludes halogenated alkanes) is 55. The first kappa shape index (κ1) is 104. The maximum absolute atomic E-state index is 13.2. The van der Waals surface area contributed by atoms with Crippen molar-refractivity contribution in [2.75, 3.05) is 39.6 Å². The Hall–Kier alpha value is -1.94. The van der Waals surface area contributed by atoms with Crippen LogP contribution in [0.2, 0.25) is 0 Å². The van der Waals surface area contributed by atoms with Crippen molar-refractivity contribution < 1.29 is 80.2 Å². The van der Waals surface area contributed by atoms with Gasteiger partial charge in [-0.2, -0.15) is 0 Å². The lowest BCUT2D eigenvalue weighted by Crippen LogP contribution is -2.30. The summed E-state index contributed by atoms with van der Waals surface area (Å²) in [5.41, 5.74) is 0. The van der Waals surface area contributed by atoms with Gasteiger partial charge in [0, 0.05) is 25.7 Å². The van der Waals surface area contributed by atoms with Gasteiger partial charge >= 0.3 is 39.5 Å². The van der Waals surface area contributed by atoms with E-state index >= 15 is 0 Å². The largest absolute Gasteiger partial charge is 0.472 e. The third-order valence-electron chi connectivity index (χ3n) is 20.8. The number of aliphatic hydroxyl groups is 1. The maximum Gasteiger partial charge on any atom is 0.472 e. The topological polar surface area (TPSA) is 237 Å². The van der Waals surface area contributed by atoms with E-state index in [1.54, 1.807) is 0 Å². The Balaban J connectivity index is 5.21. The van der Waals surface area contributed by atoms with Crippen LogP contribution < -0.4 is 0 Å². The number of aliphatic hydroxyl groups excluding tert-OH is 1. The van der Waals surface area contributed by atoms with E-state index in [1.165, 1.54) is 276 Å². The van der Waals surface area contributed by atoms with Gasteiger partial charge in [-0.1, -0.05) is 414 Å². The lowest BCUT2D eigenvalue weighted by molar-refractivity contribution is -0.161. The average molecular weight is 1550 g/mol. The van der Waals surface area contributed by atoms with Crippen LogP contribution in [0, 0.1) is 11.8 Å². The van der Waals surface area contributed by atoms with Gasteiger partial charge in [0.1, 0.15) is 19.3 Å². The highest BCUT2D eigenvalue weighted by Gasteiger charge is 2.30. The molecule has 630 valence electrons. The Bertz CT molecular complexity index is 2030. The quantitative estimate of drug-likeness (QED) is 0.0222. The maximum atomic E-state index is 13.2. The number of phosphoric ester groups is 2. The first-order chi connectivity index (χ1) is 51.4. The summed E-state index contributed by atoms with van der Waals surface area (Å²) in [6, 6.07) is 0. The van der Waals surface area contributed by atoms with Crippen LogP contribution in [0.15, 0.2) is 0 Å². The van der Waals surface area contributed by atoms with Crippen LogP contribution >= 0.6 is 15.6 Å². The lowest BCUT2D eigenvalue weighted by atomic mass is 9.99. The molecule has 0 aromatic heterocycles. The molecule has 0 amide bonds. The second-order valence-electron chi connectivity index (χ2n) is 32.0. The molecule has 106 heavy (non-hydrogen) atoms. The fraction of sp³-hybridized carbons (Fsp3) is 0.954. The van der Waals surface area contributed by atoms with Crippen molar-refractivity contribution in [3.63, 3.8) is 0 Å². The Kier molecular flexibility index (Phi) is 76.9. The van der Waals surface area contributed by atoms with Crippen LogP contribution in [0.3, 0.4) is 0 Å². The summed E-state index contributed by atoms with van der Waals surface area (Å²) in [5.74, 6) is -0.579. The monoisotopic (exact) mass is 1550 g/mol. The van der Waals surface area contributed by atoms with Crippen molar-refractivity contribution >= 4 is 39.5 Å². The predicted molar refractivity (Wildman–Crippen MR) is 437 cm³/mol.